The molecule has 1 aromatic heterocycles. The topological polar surface area (TPSA) is 72.6 Å². The summed E-state index contributed by atoms with van der Waals surface area (Å²) in [5, 5.41) is 5.71. The van der Waals surface area contributed by atoms with Crippen LogP contribution in [0.25, 0.3) is 0 Å². The minimum Gasteiger partial charge on any atom is -0.493 e. The Morgan fingerprint density at radius 2 is 2.21 bits per heavy atom. The lowest BCUT2D eigenvalue weighted by Crippen LogP contribution is -2.45. The third kappa shape index (κ3) is 3.38. The highest BCUT2D eigenvalue weighted by molar-refractivity contribution is 8.15. The van der Waals surface area contributed by atoms with Crippen molar-refractivity contribution in [3.05, 3.63) is 41.5 Å². The van der Waals surface area contributed by atoms with Gasteiger partial charge in [-0.25, -0.2) is 9.67 Å². The van der Waals surface area contributed by atoms with E-state index in [1.54, 1.807) is 18.1 Å². The maximum absolute atomic E-state index is 10.7. The van der Waals surface area contributed by atoms with Crippen LogP contribution in [-0.2, 0) is 4.79 Å². The Bertz CT molecular complexity index is 950. The lowest BCUT2D eigenvalue weighted by molar-refractivity contribution is -0.109. The molecule has 0 bridgehead atoms. The van der Waals surface area contributed by atoms with Crippen LogP contribution in [-0.4, -0.2) is 62.5 Å². The molecule has 0 saturated carbocycles. The molecular formula is C21H25N5O2S. The first kappa shape index (κ1) is 18.8. The van der Waals surface area contributed by atoms with Gasteiger partial charge in [-0.15, -0.1) is 0 Å². The average Bonchev–Trinajstić information content (AvgIpc) is 3.29. The van der Waals surface area contributed by atoms with E-state index in [0.29, 0.717) is 24.3 Å². The van der Waals surface area contributed by atoms with E-state index in [4.69, 9.17) is 9.73 Å². The number of benzene rings is 1. The summed E-state index contributed by atoms with van der Waals surface area (Å²) in [7, 11) is 0. The van der Waals surface area contributed by atoms with Crippen molar-refractivity contribution in [1.82, 2.24) is 19.7 Å². The second kappa shape index (κ2) is 7.57. The SMILES string of the molecule is CC(C)n1ncnc1C1=NC2c3cc(C4CN(CC=O)C4)ccc3OCCC2S1. The predicted octanol–water partition coefficient (Wildman–Crippen LogP) is 2.84. The van der Waals surface area contributed by atoms with E-state index in [-0.39, 0.29) is 12.1 Å². The predicted molar refractivity (Wildman–Crippen MR) is 113 cm³/mol. The van der Waals surface area contributed by atoms with Gasteiger partial charge in [0.1, 0.15) is 23.4 Å². The van der Waals surface area contributed by atoms with Crippen molar-refractivity contribution in [3.63, 3.8) is 0 Å². The van der Waals surface area contributed by atoms with Gasteiger partial charge in [0.15, 0.2) is 5.82 Å². The van der Waals surface area contributed by atoms with E-state index >= 15 is 0 Å². The first-order chi connectivity index (χ1) is 14.1. The first-order valence-corrected chi connectivity index (χ1v) is 11.1. The van der Waals surface area contributed by atoms with Crippen LogP contribution in [0.2, 0.25) is 0 Å². The quantitative estimate of drug-likeness (QED) is 0.705. The number of aromatic nitrogens is 3. The molecule has 0 aliphatic carbocycles. The molecule has 3 aliphatic heterocycles. The smallest absolute Gasteiger partial charge is 0.183 e. The molecule has 1 saturated heterocycles. The highest BCUT2D eigenvalue weighted by Crippen LogP contribution is 2.46. The molecule has 2 atom stereocenters. The zero-order valence-corrected chi connectivity index (χ0v) is 17.5. The molecule has 1 aromatic carbocycles. The Morgan fingerprint density at radius 1 is 1.34 bits per heavy atom. The van der Waals surface area contributed by atoms with Gasteiger partial charge in [0.2, 0.25) is 0 Å². The van der Waals surface area contributed by atoms with Crippen molar-refractivity contribution in [2.45, 2.75) is 43.5 Å². The van der Waals surface area contributed by atoms with Gasteiger partial charge in [0, 0.05) is 35.9 Å². The van der Waals surface area contributed by atoms with Crippen LogP contribution >= 0.6 is 11.8 Å². The molecule has 0 N–H and O–H groups in total. The molecule has 0 amide bonds. The Balaban J connectivity index is 1.45. The Hall–Kier alpha value is -2.19. The van der Waals surface area contributed by atoms with Crippen LogP contribution in [0.4, 0.5) is 0 Å². The average molecular weight is 412 g/mol. The molecule has 152 valence electrons. The van der Waals surface area contributed by atoms with Gasteiger partial charge in [0.25, 0.3) is 0 Å². The van der Waals surface area contributed by atoms with Crippen molar-refractivity contribution in [3.8, 4) is 5.75 Å². The monoisotopic (exact) mass is 411 g/mol. The molecule has 0 spiro atoms. The number of carbonyl (C=O) groups excluding carboxylic acids is 1. The van der Waals surface area contributed by atoms with E-state index in [1.807, 2.05) is 4.68 Å². The number of hydrogen-bond acceptors (Lipinski definition) is 7. The van der Waals surface area contributed by atoms with E-state index < -0.39 is 0 Å². The molecule has 5 rings (SSSR count). The number of likely N-dealkylation sites (tertiary alicyclic amines) is 1. The molecule has 0 radical (unpaired) electrons. The third-order valence-corrected chi connectivity index (χ3v) is 7.21. The van der Waals surface area contributed by atoms with Gasteiger partial charge in [-0.2, -0.15) is 5.10 Å². The zero-order valence-electron chi connectivity index (χ0n) is 16.7. The lowest BCUT2D eigenvalue weighted by atomic mass is 9.88. The molecule has 2 unspecified atom stereocenters. The van der Waals surface area contributed by atoms with Gasteiger partial charge < -0.3 is 9.53 Å². The van der Waals surface area contributed by atoms with Crippen LogP contribution in [0, 0.1) is 0 Å². The zero-order chi connectivity index (χ0) is 20.0. The van der Waals surface area contributed by atoms with Gasteiger partial charge >= 0.3 is 0 Å². The summed E-state index contributed by atoms with van der Waals surface area (Å²) in [5.74, 6) is 2.28. The fourth-order valence-electron chi connectivity index (χ4n) is 4.33. The molecule has 2 aromatic rings. The lowest BCUT2D eigenvalue weighted by Gasteiger charge is -2.38. The fourth-order valence-corrected chi connectivity index (χ4v) is 5.59. The molecular weight excluding hydrogens is 386 g/mol. The largest absolute Gasteiger partial charge is 0.493 e. The number of ether oxygens (including phenoxy) is 1. The van der Waals surface area contributed by atoms with E-state index in [9.17, 15) is 4.79 Å². The van der Waals surface area contributed by atoms with Crippen LogP contribution in [0.1, 0.15) is 55.2 Å². The number of fused-ring (bicyclic) bond motifs is 3. The van der Waals surface area contributed by atoms with Gasteiger partial charge in [-0.3, -0.25) is 9.89 Å². The summed E-state index contributed by atoms with van der Waals surface area (Å²) in [5.41, 5.74) is 2.49. The van der Waals surface area contributed by atoms with Gasteiger partial charge in [-0.1, -0.05) is 17.8 Å². The first-order valence-electron chi connectivity index (χ1n) is 10.2. The molecule has 1 fully saturated rings. The normalized spacial score (nSPS) is 24.3. The fraction of sp³-hybridized carbons (Fsp3) is 0.524. The summed E-state index contributed by atoms with van der Waals surface area (Å²) >= 11 is 1.80. The van der Waals surface area contributed by atoms with Crippen molar-refractivity contribution >= 4 is 23.1 Å². The standard InChI is InChI=1S/C21H25N5O2S/c1-13(2)26-20(22-12-23-26)21-24-19-16-9-14(15-10-25(11-15)6-7-27)3-4-17(16)28-8-5-18(19)29-21/h3-4,7,9,12-13,15,18-19H,5-6,8,10-11H2,1-2H3. The van der Waals surface area contributed by atoms with Crippen molar-refractivity contribution in [1.29, 1.82) is 0 Å². The number of carbonyl (C=O) groups is 1. The second-order valence-corrected chi connectivity index (χ2v) is 9.40. The number of hydrogen-bond donors (Lipinski definition) is 0. The van der Waals surface area contributed by atoms with Crippen molar-refractivity contribution < 1.29 is 9.53 Å². The number of thioether (sulfide) groups is 1. The van der Waals surface area contributed by atoms with Crippen LogP contribution in [0.5, 0.6) is 5.75 Å². The molecule has 8 heteroatoms. The Kier molecular flexibility index (Phi) is 4.91. The highest BCUT2D eigenvalue weighted by atomic mass is 32.2. The Morgan fingerprint density at radius 3 is 3.00 bits per heavy atom. The van der Waals surface area contributed by atoms with Crippen molar-refractivity contribution in [2.75, 3.05) is 26.2 Å². The van der Waals surface area contributed by atoms with E-state index in [2.05, 4.69) is 47.0 Å². The van der Waals surface area contributed by atoms with Gasteiger partial charge in [0.05, 0.1) is 19.2 Å². The summed E-state index contributed by atoms with van der Waals surface area (Å²) in [6.07, 6.45) is 3.55. The molecule has 4 heterocycles. The number of rotatable bonds is 5. The van der Waals surface area contributed by atoms with E-state index in [1.165, 1.54) is 11.1 Å². The Labute approximate surface area is 174 Å². The summed E-state index contributed by atoms with van der Waals surface area (Å²) in [6, 6.07) is 6.88. The minimum absolute atomic E-state index is 0.0796. The third-order valence-electron chi connectivity index (χ3n) is 5.90. The maximum atomic E-state index is 10.7. The maximum Gasteiger partial charge on any atom is 0.183 e. The van der Waals surface area contributed by atoms with E-state index in [0.717, 1.165) is 42.4 Å². The molecule has 7 nitrogen and oxygen atoms in total. The summed E-state index contributed by atoms with van der Waals surface area (Å²) in [4.78, 5) is 22.5. The van der Waals surface area contributed by atoms with Crippen molar-refractivity contribution in [2.24, 2.45) is 4.99 Å². The minimum atomic E-state index is 0.0796. The molecule has 3 aliphatic rings. The molecule has 29 heavy (non-hydrogen) atoms. The van der Waals surface area contributed by atoms with Crippen LogP contribution in [0.3, 0.4) is 0 Å². The summed E-state index contributed by atoms with van der Waals surface area (Å²) in [6.45, 7) is 7.32. The van der Waals surface area contributed by atoms with Crippen LogP contribution < -0.4 is 4.74 Å². The second-order valence-electron chi connectivity index (χ2n) is 8.17. The summed E-state index contributed by atoms with van der Waals surface area (Å²) < 4.78 is 7.99. The number of nitrogens with zero attached hydrogens (tertiary/aromatic N) is 5. The van der Waals surface area contributed by atoms with Crippen LogP contribution in [0.15, 0.2) is 29.5 Å². The van der Waals surface area contributed by atoms with Gasteiger partial charge in [-0.05, 0) is 38.0 Å². The number of aldehydes is 1. The number of aliphatic imine (C=N–C) groups is 1. The highest BCUT2D eigenvalue weighted by Gasteiger charge is 2.38.